The van der Waals surface area contributed by atoms with Crippen LogP contribution in [0.4, 0.5) is 0 Å². The molecule has 0 saturated carbocycles. The second-order valence-electron chi connectivity index (χ2n) is 7.77. The van der Waals surface area contributed by atoms with Crippen molar-refractivity contribution in [2.45, 2.75) is 25.7 Å². The summed E-state index contributed by atoms with van der Waals surface area (Å²) in [5.74, 6) is 1.63. The minimum absolute atomic E-state index is 0.00808. The van der Waals surface area contributed by atoms with Crippen molar-refractivity contribution in [2.75, 3.05) is 26.8 Å². The van der Waals surface area contributed by atoms with Gasteiger partial charge < -0.3 is 14.4 Å². The van der Waals surface area contributed by atoms with Crippen LogP contribution in [0.1, 0.15) is 39.6 Å². The molecule has 1 N–H and O–H groups in total. The van der Waals surface area contributed by atoms with Gasteiger partial charge in [0.15, 0.2) is 0 Å². The summed E-state index contributed by atoms with van der Waals surface area (Å²) in [6.07, 6.45) is 1.61. The Morgan fingerprint density at radius 2 is 2.10 bits per heavy atom. The number of carbonyl (C=O) groups is 1. The molecule has 1 aliphatic rings. The van der Waals surface area contributed by atoms with E-state index in [1.54, 1.807) is 13.2 Å². The number of methoxy groups -OCH3 is 1. The Hall–Kier alpha value is -2.99. The number of nitrogens with zero attached hydrogens (tertiary/aromatic N) is 2. The van der Waals surface area contributed by atoms with Gasteiger partial charge in [-0.3, -0.25) is 9.89 Å². The smallest absolute Gasteiger partial charge is 0.257 e. The number of benzene rings is 2. The van der Waals surface area contributed by atoms with Gasteiger partial charge in [0.25, 0.3) is 5.91 Å². The Labute approximate surface area is 187 Å². The quantitative estimate of drug-likeness (QED) is 0.582. The molecule has 2 aromatic carbocycles. The lowest BCUT2D eigenvalue weighted by molar-refractivity contribution is 0.0787. The first-order valence-corrected chi connectivity index (χ1v) is 10.8. The highest BCUT2D eigenvalue weighted by Crippen LogP contribution is 2.30. The zero-order valence-corrected chi connectivity index (χ0v) is 18.5. The maximum Gasteiger partial charge on any atom is 0.257 e. The fraction of sp³-hybridized carbons (Fsp3) is 0.333. The number of rotatable bonds is 7. The molecule has 6 nitrogen and oxygen atoms in total. The lowest BCUT2D eigenvalue weighted by atomic mass is 10.0. The number of nitrogens with one attached hydrogen (secondary N) is 1. The number of aromatic amines is 1. The van der Waals surface area contributed by atoms with E-state index in [9.17, 15) is 4.79 Å². The van der Waals surface area contributed by atoms with E-state index in [1.165, 1.54) is 0 Å². The maximum absolute atomic E-state index is 13.1. The Morgan fingerprint density at radius 1 is 1.26 bits per heavy atom. The maximum atomic E-state index is 13.1. The molecule has 1 unspecified atom stereocenters. The standard InChI is InChI=1S/C24H26ClN3O3/c1-16-5-3-8-21(23(16)30-2)24(29)28-11-9-17(15-28)22-14-19(26-27-22)10-12-31-20-7-4-6-18(25)13-20/h3-8,13-14,17H,9-12,15H2,1-2H3,(H,26,27). The average Bonchev–Trinajstić information content (AvgIpc) is 3.43. The summed E-state index contributed by atoms with van der Waals surface area (Å²) in [6.45, 7) is 3.84. The molecule has 1 aliphatic heterocycles. The van der Waals surface area contributed by atoms with Crippen LogP contribution in [0.15, 0.2) is 48.5 Å². The number of amides is 1. The molecule has 7 heteroatoms. The minimum Gasteiger partial charge on any atom is -0.496 e. The molecule has 162 valence electrons. The molecule has 0 radical (unpaired) electrons. The van der Waals surface area contributed by atoms with Gasteiger partial charge in [-0.25, -0.2) is 0 Å². The van der Waals surface area contributed by atoms with Gasteiger partial charge in [0.2, 0.25) is 0 Å². The van der Waals surface area contributed by atoms with E-state index in [0.29, 0.717) is 36.0 Å². The van der Waals surface area contributed by atoms with Crippen molar-refractivity contribution in [3.05, 3.63) is 76.1 Å². The summed E-state index contributed by atoms with van der Waals surface area (Å²) < 4.78 is 11.2. The number of H-pyrrole nitrogens is 1. The first kappa shape index (κ1) is 21.2. The SMILES string of the molecule is COc1c(C)cccc1C(=O)N1CCC(c2cc(CCOc3cccc(Cl)c3)[nH]n2)C1. The van der Waals surface area contributed by atoms with Gasteiger partial charge in [0, 0.05) is 36.1 Å². The number of aromatic nitrogens is 2. The lowest BCUT2D eigenvalue weighted by Gasteiger charge is -2.18. The van der Waals surface area contributed by atoms with E-state index in [4.69, 9.17) is 21.1 Å². The average molecular weight is 440 g/mol. The third-order valence-corrected chi connectivity index (χ3v) is 5.86. The molecule has 0 aliphatic carbocycles. The highest BCUT2D eigenvalue weighted by atomic mass is 35.5. The number of halogens is 1. The molecule has 1 fully saturated rings. The van der Waals surface area contributed by atoms with Crippen molar-refractivity contribution in [3.63, 3.8) is 0 Å². The number of aryl methyl sites for hydroxylation is 1. The van der Waals surface area contributed by atoms with Gasteiger partial charge in [-0.05, 0) is 49.2 Å². The number of carbonyl (C=O) groups excluding carboxylic acids is 1. The predicted octanol–water partition coefficient (Wildman–Crippen LogP) is 4.63. The topological polar surface area (TPSA) is 67.4 Å². The second-order valence-corrected chi connectivity index (χ2v) is 8.20. The molecule has 31 heavy (non-hydrogen) atoms. The van der Waals surface area contributed by atoms with Crippen LogP contribution in [0, 0.1) is 6.92 Å². The van der Waals surface area contributed by atoms with Crippen LogP contribution in [-0.4, -0.2) is 47.8 Å². The first-order chi connectivity index (χ1) is 15.0. The van der Waals surface area contributed by atoms with Crippen molar-refractivity contribution in [1.82, 2.24) is 15.1 Å². The second kappa shape index (κ2) is 9.43. The van der Waals surface area contributed by atoms with E-state index in [-0.39, 0.29) is 11.8 Å². The molecule has 0 spiro atoms. The van der Waals surface area contributed by atoms with Crippen molar-refractivity contribution in [3.8, 4) is 11.5 Å². The Balaban J connectivity index is 1.34. The van der Waals surface area contributed by atoms with E-state index in [1.807, 2.05) is 48.2 Å². The number of hydrogen-bond donors (Lipinski definition) is 1. The molecule has 1 saturated heterocycles. The van der Waals surface area contributed by atoms with Crippen molar-refractivity contribution >= 4 is 17.5 Å². The molecule has 0 bridgehead atoms. The van der Waals surface area contributed by atoms with Crippen molar-refractivity contribution in [2.24, 2.45) is 0 Å². The number of ether oxygens (including phenoxy) is 2. The molecule has 2 heterocycles. The van der Waals surface area contributed by atoms with Crippen molar-refractivity contribution in [1.29, 1.82) is 0 Å². The summed E-state index contributed by atoms with van der Waals surface area (Å²) in [5, 5.41) is 8.25. The molecular weight excluding hydrogens is 414 g/mol. The van der Waals surface area contributed by atoms with E-state index in [2.05, 4.69) is 16.3 Å². The molecule has 1 amide bonds. The third kappa shape index (κ3) is 4.85. The first-order valence-electron chi connectivity index (χ1n) is 10.4. The molecule has 1 aromatic heterocycles. The molecule has 3 aromatic rings. The predicted molar refractivity (Wildman–Crippen MR) is 120 cm³/mol. The van der Waals surface area contributed by atoms with Crippen LogP contribution in [0.5, 0.6) is 11.5 Å². The Bertz CT molecular complexity index is 1070. The number of para-hydroxylation sites is 1. The molecule has 4 rings (SSSR count). The van der Waals surface area contributed by atoms with Gasteiger partial charge in [-0.1, -0.05) is 29.8 Å². The van der Waals surface area contributed by atoms with Crippen LogP contribution >= 0.6 is 11.6 Å². The van der Waals surface area contributed by atoms with Gasteiger partial charge in [-0.2, -0.15) is 5.10 Å². The number of hydrogen-bond acceptors (Lipinski definition) is 4. The Kier molecular flexibility index (Phi) is 6.47. The van der Waals surface area contributed by atoms with Crippen LogP contribution in [0.3, 0.4) is 0 Å². The van der Waals surface area contributed by atoms with Crippen LogP contribution in [-0.2, 0) is 6.42 Å². The van der Waals surface area contributed by atoms with E-state index < -0.39 is 0 Å². The summed E-state index contributed by atoms with van der Waals surface area (Å²) >= 11 is 5.98. The zero-order valence-electron chi connectivity index (χ0n) is 17.7. The largest absolute Gasteiger partial charge is 0.496 e. The summed E-state index contributed by atoms with van der Waals surface area (Å²) in [5.41, 5.74) is 3.58. The highest BCUT2D eigenvalue weighted by molar-refractivity contribution is 6.30. The van der Waals surface area contributed by atoms with E-state index in [0.717, 1.165) is 35.5 Å². The van der Waals surface area contributed by atoms with Gasteiger partial charge in [0.1, 0.15) is 11.5 Å². The van der Waals surface area contributed by atoms with Gasteiger partial charge in [-0.15, -0.1) is 0 Å². The fourth-order valence-electron chi connectivity index (χ4n) is 4.00. The third-order valence-electron chi connectivity index (χ3n) is 5.63. The van der Waals surface area contributed by atoms with Crippen LogP contribution in [0.25, 0.3) is 0 Å². The summed E-state index contributed by atoms with van der Waals surface area (Å²) in [7, 11) is 1.60. The lowest BCUT2D eigenvalue weighted by Crippen LogP contribution is -2.29. The van der Waals surface area contributed by atoms with Crippen LogP contribution in [0.2, 0.25) is 5.02 Å². The minimum atomic E-state index is 0.00808. The van der Waals surface area contributed by atoms with Gasteiger partial charge in [0.05, 0.1) is 25.0 Å². The number of likely N-dealkylation sites (tertiary alicyclic amines) is 1. The zero-order chi connectivity index (χ0) is 21.8. The highest BCUT2D eigenvalue weighted by Gasteiger charge is 2.30. The van der Waals surface area contributed by atoms with E-state index >= 15 is 0 Å². The summed E-state index contributed by atoms with van der Waals surface area (Å²) in [6, 6.07) is 15.1. The monoisotopic (exact) mass is 439 g/mol. The normalized spacial score (nSPS) is 15.8. The van der Waals surface area contributed by atoms with Crippen LogP contribution < -0.4 is 9.47 Å². The Morgan fingerprint density at radius 3 is 2.90 bits per heavy atom. The summed E-state index contributed by atoms with van der Waals surface area (Å²) in [4.78, 5) is 14.9. The van der Waals surface area contributed by atoms with Crippen molar-refractivity contribution < 1.29 is 14.3 Å². The van der Waals surface area contributed by atoms with Gasteiger partial charge >= 0.3 is 0 Å². The fourth-order valence-corrected chi connectivity index (χ4v) is 4.18. The molecule has 1 atom stereocenters. The molecular formula is C24H26ClN3O3.